The van der Waals surface area contributed by atoms with Crippen LogP contribution in [0.15, 0.2) is 158 Å². The third-order valence-corrected chi connectivity index (χ3v) is 11.7. The molecule has 0 bridgehead atoms. The maximum atomic E-state index is 13.3. The first-order valence-electron chi connectivity index (χ1n) is 20.8. The number of carbonyl (C=O) groups excluding carboxylic acids is 2. The molecule has 1 aliphatic heterocycles. The molecule has 9 nitrogen and oxygen atoms in total. The standard InChI is InChI=1S/C51H47N7O2/c1-4-5-25-46-52-44-31-30-41(57-47(59)33-50(2,3)34-48(57)60)32-45(44)56(46)35-36-26-28-37(29-27-36)42-23-15-16-24-43(42)49-53-54-55-58(49)51(38-17-9-6-10-18-38,39-19-11-7-12-20-39)40-21-13-8-14-22-40/h6-24,26-32H,4-5,25,33-35H2,1-3H3. The Morgan fingerprint density at radius 1 is 0.667 bits per heavy atom. The van der Waals surface area contributed by atoms with Gasteiger partial charge in [-0.2, -0.15) is 0 Å². The van der Waals surface area contributed by atoms with Crippen molar-refractivity contribution in [2.45, 2.75) is 65.0 Å². The molecule has 0 aliphatic carbocycles. The Balaban J connectivity index is 1.10. The number of rotatable bonds is 12. The molecule has 60 heavy (non-hydrogen) atoms. The van der Waals surface area contributed by atoms with E-state index in [1.165, 1.54) is 4.90 Å². The second-order valence-electron chi connectivity index (χ2n) is 16.5. The molecule has 1 saturated heterocycles. The van der Waals surface area contributed by atoms with Crippen molar-refractivity contribution >= 4 is 28.5 Å². The molecule has 9 rings (SSSR count). The largest absolute Gasteiger partial charge is 0.323 e. The monoisotopic (exact) mass is 789 g/mol. The van der Waals surface area contributed by atoms with Crippen molar-refractivity contribution in [2.75, 3.05) is 4.90 Å². The normalized spacial score (nSPS) is 14.2. The summed E-state index contributed by atoms with van der Waals surface area (Å²) in [7, 11) is 0. The van der Waals surface area contributed by atoms with E-state index in [-0.39, 0.29) is 17.2 Å². The van der Waals surface area contributed by atoms with E-state index in [9.17, 15) is 9.59 Å². The number of amides is 2. The second-order valence-corrected chi connectivity index (χ2v) is 16.5. The van der Waals surface area contributed by atoms with Crippen molar-refractivity contribution in [1.29, 1.82) is 0 Å². The van der Waals surface area contributed by atoms with Gasteiger partial charge in [0.05, 0.1) is 16.7 Å². The molecule has 0 saturated carbocycles. The minimum atomic E-state index is -0.881. The number of imidazole rings is 1. The van der Waals surface area contributed by atoms with E-state index in [1.807, 2.05) is 67.1 Å². The predicted molar refractivity (Wildman–Crippen MR) is 236 cm³/mol. The summed E-state index contributed by atoms with van der Waals surface area (Å²) in [6, 6.07) is 54.0. The summed E-state index contributed by atoms with van der Waals surface area (Å²) < 4.78 is 4.22. The Morgan fingerprint density at radius 2 is 1.23 bits per heavy atom. The minimum Gasteiger partial charge on any atom is -0.323 e. The highest BCUT2D eigenvalue weighted by atomic mass is 16.2. The fourth-order valence-electron chi connectivity index (χ4n) is 8.86. The lowest BCUT2D eigenvalue weighted by Crippen LogP contribution is -2.46. The van der Waals surface area contributed by atoms with Gasteiger partial charge in [-0.05, 0) is 73.8 Å². The fraction of sp³-hybridized carbons (Fsp3) is 0.216. The van der Waals surface area contributed by atoms with Crippen LogP contribution in [0.3, 0.4) is 0 Å². The highest BCUT2D eigenvalue weighted by molar-refractivity contribution is 6.17. The van der Waals surface area contributed by atoms with Crippen LogP contribution in [0, 0.1) is 5.41 Å². The predicted octanol–water partition coefficient (Wildman–Crippen LogP) is 10.3. The quantitative estimate of drug-likeness (QED) is 0.0903. The van der Waals surface area contributed by atoms with Crippen LogP contribution in [0.1, 0.15) is 74.5 Å². The highest BCUT2D eigenvalue weighted by Crippen LogP contribution is 2.43. The second kappa shape index (κ2) is 16.0. The Morgan fingerprint density at radius 3 is 1.82 bits per heavy atom. The summed E-state index contributed by atoms with van der Waals surface area (Å²) in [5.41, 5.74) is 8.28. The number of carbonyl (C=O) groups is 2. The van der Waals surface area contributed by atoms with E-state index in [0.717, 1.165) is 75.1 Å². The molecule has 1 aliphatic rings. The first-order valence-corrected chi connectivity index (χ1v) is 20.8. The van der Waals surface area contributed by atoms with Crippen LogP contribution < -0.4 is 4.90 Å². The zero-order valence-corrected chi connectivity index (χ0v) is 34.2. The Kier molecular flexibility index (Phi) is 10.3. The van der Waals surface area contributed by atoms with Gasteiger partial charge in [0.25, 0.3) is 0 Å². The van der Waals surface area contributed by atoms with Gasteiger partial charge in [-0.15, -0.1) is 5.10 Å². The first-order chi connectivity index (χ1) is 29.3. The minimum absolute atomic E-state index is 0.163. The first kappa shape index (κ1) is 38.5. The number of unbranched alkanes of at least 4 members (excludes halogenated alkanes) is 1. The summed E-state index contributed by atoms with van der Waals surface area (Å²) in [5.74, 6) is 1.30. The number of hydrogen-bond acceptors (Lipinski definition) is 6. The smallest absolute Gasteiger partial charge is 0.234 e. The van der Waals surface area contributed by atoms with E-state index < -0.39 is 5.54 Å². The molecular weight excluding hydrogens is 743 g/mol. The third-order valence-electron chi connectivity index (χ3n) is 11.7. The van der Waals surface area contributed by atoms with Crippen molar-refractivity contribution in [3.8, 4) is 22.5 Å². The topological polar surface area (TPSA) is 98.8 Å². The molecule has 298 valence electrons. The van der Waals surface area contributed by atoms with Crippen LogP contribution in [0.2, 0.25) is 0 Å². The van der Waals surface area contributed by atoms with Gasteiger partial charge in [-0.1, -0.05) is 167 Å². The Labute approximate surface area is 350 Å². The Hall–Kier alpha value is -7.00. The van der Waals surface area contributed by atoms with E-state index in [2.05, 4.69) is 126 Å². The summed E-state index contributed by atoms with van der Waals surface area (Å²) in [6.07, 6.45) is 3.53. The molecule has 6 aromatic carbocycles. The molecule has 3 heterocycles. The molecule has 0 spiro atoms. The molecule has 1 fully saturated rings. The SMILES string of the molecule is CCCCc1nc2ccc(N3C(=O)CC(C)(C)CC3=O)cc2n1Cc1ccc(-c2ccccc2-c2nnnn2C(c2ccccc2)(c2ccccc2)c2ccccc2)cc1. The maximum absolute atomic E-state index is 13.3. The zero-order chi connectivity index (χ0) is 41.3. The lowest BCUT2D eigenvalue weighted by Gasteiger charge is -2.36. The van der Waals surface area contributed by atoms with Gasteiger partial charge in [0, 0.05) is 31.4 Å². The number of imide groups is 1. The van der Waals surface area contributed by atoms with Gasteiger partial charge in [-0.3, -0.25) is 14.5 Å². The maximum Gasteiger partial charge on any atom is 0.234 e. The van der Waals surface area contributed by atoms with Crippen molar-refractivity contribution < 1.29 is 9.59 Å². The van der Waals surface area contributed by atoms with E-state index >= 15 is 0 Å². The lowest BCUT2D eigenvalue weighted by atomic mass is 9.77. The molecule has 0 radical (unpaired) electrons. The van der Waals surface area contributed by atoms with Crippen LogP contribution in [-0.4, -0.2) is 41.6 Å². The van der Waals surface area contributed by atoms with Crippen LogP contribution in [0.25, 0.3) is 33.5 Å². The average molecular weight is 790 g/mol. The number of hydrogen-bond donors (Lipinski definition) is 0. The number of nitrogens with zero attached hydrogens (tertiary/aromatic N) is 7. The summed E-state index contributed by atoms with van der Waals surface area (Å²) >= 11 is 0. The van der Waals surface area contributed by atoms with Gasteiger partial charge < -0.3 is 4.57 Å². The van der Waals surface area contributed by atoms with Crippen LogP contribution in [0.5, 0.6) is 0 Å². The van der Waals surface area contributed by atoms with Gasteiger partial charge in [0.15, 0.2) is 5.82 Å². The highest BCUT2D eigenvalue weighted by Gasteiger charge is 2.42. The fourth-order valence-corrected chi connectivity index (χ4v) is 8.86. The number of piperidine rings is 1. The molecular formula is C51H47N7O2. The van der Waals surface area contributed by atoms with Crippen LogP contribution in [-0.2, 0) is 28.1 Å². The zero-order valence-electron chi connectivity index (χ0n) is 34.2. The summed E-state index contributed by atoms with van der Waals surface area (Å²) in [6.45, 7) is 6.71. The van der Waals surface area contributed by atoms with E-state index in [1.54, 1.807) is 0 Å². The van der Waals surface area contributed by atoms with Gasteiger partial charge in [-0.25, -0.2) is 9.67 Å². The molecule has 0 unspecified atom stereocenters. The molecule has 8 aromatic rings. The van der Waals surface area contributed by atoms with Crippen molar-refractivity contribution in [1.82, 2.24) is 29.8 Å². The molecule has 2 amide bonds. The number of tetrazole rings is 1. The Bertz CT molecular complexity index is 2680. The number of aromatic nitrogens is 6. The van der Waals surface area contributed by atoms with Crippen molar-refractivity contribution in [2.24, 2.45) is 5.41 Å². The van der Waals surface area contributed by atoms with Crippen molar-refractivity contribution in [3.05, 3.63) is 186 Å². The van der Waals surface area contributed by atoms with Crippen LogP contribution in [0.4, 0.5) is 5.69 Å². The number of anilines is 1. The summed E-state index contributed by atoms with van der Waals surface area (Å²) in [5, 5.41) is 13.9. The molecule has 2 aromatic heterocycles. The lowest BCUT2D eigenvalue weighted by molar-refractivity contribution is -0.132. The third kappa shape index (κ3) is 7.00. The average Bonchev–Trinajstić information content (AvgIpc) is 3.89. The number of fused-ring (bicyclic) bond motifs is 1. The van der Waals surface area contributed by atoms with E-state index in [0.29, 0.717) is 30.9 Å². The van der Waals surface area contributed by atoms with Crippen molar-refractivity contribution in [3.63, 3.8) is 0 Å². The van der Waals surface area contributed by atoms with Gasteiger partial charge >= 0.3 is 0 Å². The molecule has 0 atom stereocenters. The summed E-state index contributed by atoms with van der Waals surface area (Å²) in [4.78, 5) is 32.9. The molecule has 0 N–H and O–H groups in total. The van der Waals surface area contributed by atoms with E-state index in [4.69, 9.17) is 15.3 Å². The number of benzene rings is 6. The van der Waals surface area contributed by atoms with Gasteiger partial charge in [0.2, 0.25) is 11.8 Å². The number of aryl methyl sites for hydroxylation is 1. The molecule has 9 heteroatoms. The van der Waals surface area contributed by atoms with Crippen LogP contribution >= 0.6 is 0 Å². The van der Waals surface area contributed by atoms with Gasteiger partial charge in [0.1, 0.15) is 11.4 Å².